The number of amides is 2. The highest BCUT2D eigenvalue weighted by atomic mass is 16.5. The van der Waals surface area contributed by atoms with E-state index >= 15 is 0 Å². The molecule has 1 aliphatic carbocycles. The second-order valence-electron chi connectivity index (χ2n) is 8.64. The molecule has 2 amide bonds. The number of ether oxygens (including phenoxy) is 1. The number of aryl methyl sites for hydroxylation is 1. The van der Waals surface area contributed by atoms with E-state index in [0.717, 1.165) is 5.56 Å². The van der Waals surface area contributed by atoms with Crippen LogP contribution in [0, 0.1) is 18.8 Å². The summed E-state index contributed by atoms with van der Waals surface area (Å²) >= 11 is 0. The van der Waals surface area contributed by atoms with Crippen molar-refractivity contribution in [2.75, 3.05) is 13.2 Å². The lowest BCUT2D eigenvalue weighted by molar-refractivity contribution is -0.141. The molecule has 0 radical (unpaired) electrons. The molecular formula is C22H29NO4. The van der Waals surface area contributed by atoms with E-state index in [-0.39, 0.29) is 42.2 Å². The third kappa shape index (κ3) is 4.08. The fraction of sp³-hybridized carbons (Fsp3) is 0.545. The van der Waals surface area contributed by atoms with Crippen molar-refractivity contribution in [3.63, 3.8) is 0 Å². The first-order valence-electron chi connectivity index (χ1n) is 9.60. The third-order valence-electron chi connectivity index (χ3n) is 5.46. The number of fused-ring (bicyclic) bond motifs is 1. The second-order valence-corrected chi connectivity index (χ2v) is 8.64. The quantitative estimate of drug-likeness (QED) is 0.638. The SMILES string of the molecule is Cc1cc(C(C)(C)C)ccc1OCC(O)CN1C(=O)C2CC=CCC2C1=O. The zero-order chi connectivity index (χ0) is 19.8. The third-order valence-corrected chi connectivity index (χ3v) is 5.46. The molecule has 0 bridgehead atoms. The van der Waals surface area contributed by atoms with Gasteiger partial charge in [-0.1, -0.05) is 45.1 Å². The number of hydrogen-bond acceptors (Lipinski definition) is 4. The number of aliphatic hydroxyl groups is 1. The zero-order valence-corrected chi connectivity index (χ0v) is 16.6. The van der Waals surface area contributed by atoms with Gasteiger partial charge in [-0.2, -0.15) is 0 Å². The molecule has 0 saturated carbocycles. The van der Waals surface area contributed by atoms with Crippen LogP contribution in [0.1, 0.15) is 44.7 Å². The van der Waals surface area contributed by atoms with Gasteiger partial charge in [0.05, 0.1) is 18.4 Å². The Balaban J connectivity index is 1.58. The number of allylic oxidation sites excluding steroid dienone is 2. The van der Waals surface area contributed by atoms with E-state index in [9.17, 15) is 14.7 Å². The molecule has 2 aliphatic rings. The summed E-state index contributed by atoms with van der Waals surface area (Å²) in [6, 6.07) is 6.03. The molecule has 27 heavy (non-hydrogen) atoms. The van der Waals surface area contributed by atoms with Crippen LogP contribution in [0.4, 0.5) is 0 Å². The molecule has 5 heteroatoms. The highest BCUT2D eigenvalue weighted by Gasteiger charge is 2.47. The lowest BCUT2D eigenvalue weighted by Crippen LogP contribution is -2.40. The smallest absolute Gasteiger partial charge is 0.233 e. The van der Waals surface area contributed by atoms with E-state index in [1.165, 1.54) is 10.5 Å². The molecule has 0 spiro atoms. The van der Waals surface area contributed by atoms with Gasteiger partial charge < -0.3 is 9.84 Å². The van der Waals surface area contributed by atoms with Crippen molar-refractivity contribution in [3.05, 3.63) is 41.5 Å². The van der Waals surface area contributed by atoms with Crippen LogP contribution in [0.15, 0.2) is 30.4 Å². The molecule has 1 aliphatic heterocycles. The standard InChI is InChI=1S/C22H29NO4/c1-14-11-15(22(2,3)4)9-10-19(14)27-13-16(24)12-23-20(25)17-7-5-6-8-18(17)21(23)26/h5-6,9-11,16-18,24H,7-8,12-13H2,1-4H3. The summed E-state index contributed by atoms with van der Waals surface area (Å²) in [4.78, 5) is 26.1. The maximum Gasteiger partial charge on any atom is 0.233 e. The molecule has 1 aromatic rings. The first-order valence-corrected chi connectivity index (χ1v) is 9.60. The summed E-state index contributed by atoms with van der Waals surface area (Å²) in [5.41, 5.74) is 2.28. The van der Waals surface area contributed by atoms with E-state index in [2.05, 4.69) is 26.8 Å². The molecule has 0 aromatic heterocycles. The number of benzene rings is 1. The minimum absolute atomic E-state index is 0.0101. The van der Waals surface area contributed by atoms with Crippen molar-refractivity contribution < 1.29 is 19.4 Å². The second kappa shape index (κ2) is 7.47. The predicted molar refractivity (Wildman–Crippen MR) is 103 cm³/mol. The maximum atomic E-state index is 12.5. The van der Waals surface area contributed by atoms with Gasteiger partial charge in [0.2, 0.25) is 11.8 Å². The first-order chi connectivity index (χ1) is 12.7. The van der Waals surface area contributed by atoms with Crippen molar-refractivity contribution >= 4 is 11.8 Å². The molecular weight excluding hydrogens is 342 g/mol. The Morgan fingerprint density at radius 2 is 1.74 bits per heavy atom. The Morgan fingerprint density at radius 1 is 1.15 bits per heavy atom. The van der Waals surface area contributed by atoms with Crippen LogP contribution >= 0.6 is 0 Å². The average molecular weight is 371 g/mol. The highest BCUT2D eigenvalue weighted by molar-refractivity contribution is 6.05. The molecule has 1 aromatic carbocycles. The van der Waals surface area contributed by atoms with Crippen LogP contribution in [-0.4, -0.2) is 41.1 Å². The lowest BCUT2D eigenvalue weighted by atomic mass is 9.85. The summed E-state index contributed by atoms with van der Waals surface area (Å²) < 4.78 is 5.75. The number of β-amino-alcohol motifs (C(OH)–C–C–N with tert-alkyl or cyclic N) is 1. The average Bonchev–Trinajstić information content (AvgIpc) is 2.85. The number of carbonyl (C=O) groups excluding carboxylic acids is 2. The maximum absolute atomic E-state index is 12.5. The predicted octanol–water partition coefficient (Wildman–Crippen LogP) is 2.98. The summed E-state index contributed by atoms with van der Waals surface area (Å²) in [5.74, 6) is -0.150. The Kier molecular flexibility index (Phi) is 5.43. The van der Waals surface area contributed by atoms with E-state index in [4.69, 9.17) is 4.74 Å². The summed E-state index contributed by atoms with van der Waals surface area (Å²) in [6.07, 6.45) is 4.22. The molecule has 1 N–H and O–H groups in total. The van der Waals surface area contributed by atoms with Crippen LogP contribution in [0.3, 0.4) is 0 Å². The van der Waals surface area contributed by atoms with Crippen LogP contribution in [-0.2, 0) is 15.0 Å². The molecule has 1 heterocycles. The van der Waals surface area contributed by atoms with Gasteiger partial charge in [0.25, 0.3) is 0 Å². The van der Waals surface area contributed by atoms with E-state index in [1.54, 1.807) is 0 Å². The number of rotatable bonds is 5. The van der Waals surface area contributed by atoms with Gasteiger partial charge in [-0.15, -0.1) is 0 Å². The molecule has 146 valence electrons. The number of carbonyl (C=O) groups is 2. The summed E-state index contributed by atoms with van der Waals surface area (Å²) in [7, 11) is 0. The fourth-order valence-electron chi connectivity index (χ4n) is 3.78. The number of likely N-dealkylation sites (tertiary alicyclic amines) is 1. The molecule has 3 rings (SSSR count). The van der Waals surface area contributed by atoms with Gasteiger partial charge in [0, 0.05) is 0 Å². The number of imide groups is 1. The van der Waals surface area contributed by atoms with Crippen LogP contribution < -0.4 is 4.74 Å². The monoisotopic (exact) mass is 371 g/mol. The Hall–Kier alpha value is -2.14. The van der Waals surface area contributed by atoms with Crippen molar-refractivity contribution in [2.45, 2.75) is 52.1 Å². The van der Waals surface area contributed by atoms with Gasteiger partial charge in [-0.25, -0.2) is 0 Å². The minimum Gasteiger partial charge on any atom is -0.491 e. The van der Waals surface area contributed by atoms with E-state index in [0.29, 0.717) is 18.6 Å². The fourth-order valence-corrected chi connectivity index (χ4v) is 3.78. The van der Waals surface area contributed by atoms with Crippen LogP contribution in [0.2, 0.25) is 0 Å². The van der Waals surface area contributed by atoms with Gasteiger partial charge in [0.15, 0.2) is 0 Å². The van der Waals surface area contributed by atoms with Crippen molar-refractivity contribution in [1.29, 1.82) is 0 Å². The van der Waals surface area contributed by atoms with Crippen molar-refractivity contribution in [2.24, 2.45) is 11.8 Å². The van der Waals surface area contributed by atoms with Crippen LogP contribution in [0.5, 0.6) is 5.75 Å². The number of hydrogen-bond donors (Lipinski definition) is 1. The molecule has 1 fully saturated rings. The summed E-state index contributed by atoms with van der Waals surface area (Å²) in [5, 5.41) is 10.3. The van der Waals surface area contributed by atoms with E-state index < -0.39 is 6.10 Å². The Labute approximate surface area is 161 Å². The number of aliphatic hydroxyl groups excluding tert-OH is 1. The molecule has 1 saturated heterocycles. The Morgan fingerprint density at radius 3 is 2.26 bits per heavy atom. The van der Waals surface area contributed by atoms with Gasteiger partial charge >= 0.3 is 0 Å². The van der Waals surface area contributed by atoms with Crippen LogP contribution in [0.25, 0.3) is 0 Å². The van der Waals surface area contributed by atoms with Gasteiger partial charge in [-0.05, 0) is 42.4 Å². The largest absolute Gasteiger partial charge is 0.491 e. The van der Waals surface area contributed by atoms with Crippen molar-refractivity contribution in [3.8, 4) is 5.75 Å². The highest BCUT2D eigenvalue weighted by Crippen LogP contribution is 2.35. The lowest BCUT2D eigenvalue weighted by Gasteiger charge is -2.22. The zero-order valence-electron chi connectivity index (χ0n) is 16.6. The normalized spacial score (nSPS) is 23.5. The topological polar surface area (TPSA) is 66.8 Å². The van der Waals surface area contributed by atoms with E-state index in [1.807, 2.05) is 31.2 Å². The van der Waals surface area contributed by atoms with Crippen molar-refractivity contribution in [1.82, 2.24) is 4.90 Å². The molecule has 3 unspecified atom stereocenters. The number of nitrogens with zero attached hydrogens (tertiary/aromatic N) is 1. The summed E-state index contributed by atoms with van der Waals surface area (Å²) in [6.45, 7) is 8.47. The molecule has 3 atom stereocenters. The molecule has 5 nitrogen and oxygen atoms in total. The Bertz CT molecular complexity index is 736. The minimum atomic E-state index is -0.910. The first kappa shape index (κ1) is 19.6. The van der Waals surface area contributed by atoms with Gasteiger partial charge in [0.1, 0.15) is 18.5 Å². The van der Waals surface area contributed by atoms with Gasteiger partial charge in [-0.3, -0.25) is 14.5 Å².